The highest BCUT2D eigenvalue weighted by Gasteiger charge is 2.19. The van der Waals surface area contributed by atoms with Gasteiger partial charge in [-0.25, -0.2) is 4.98 Å². The van der Waals surface area contributed by atoms with Crippen LogP contribution in [0.5, 0.6) is 0 Å². The second kappa shape index (κ2) is 5.81. The number of nitrogens with one attached hydrogen (secondary N) is 2. The molecule has 118 valence electrons. The lowest BCUT2D eigenvalue weighted by molar-refractivity contribution is -0.115. The van der Waals surface area contributed by atoms with Crippen LogP contribution in [0.4, 0.5) is 5.00 Å². The van der Waals surface area contributed by atoms with E-state index in [0.717, 1.165) is 34.4 Å². The molecule has 0 atom stereocenters. The van der Waals surface area contributed by atoms with Gasteiger partial charge in [0.15, 0.2) is 0 Å². The van der Waals surface area contributed by atoms with Gasteiger partial charge >= 0.3 is 0 Å². The van der Waals surface area contributed by atoms with E-state index in [1.165, 1.54) is 28.8 Å². The van der Waals surface area contributed by atoms with E-state index < -0.39 is 0 Å². The summed E-state index contributed by atoms with van der Waals surface area (Å²) in [4.78, 5) is 21.3. The van der Waals surface area contributed by atoms with E-state index in [4.69, 9.17) is 0 Å². The summed E-state index contributed by atoms with van der Waals surface area (Å²) in [6.07, 6.45) is 8.84. The number of amides is 1. The third-order valence-corrected chi connectivity index (χ3v) is 5.89. The summed E-state index contributed by atoms with van der Waals surface area (Å²) in [6.45, 7) is 2.13. The van der Waals surface area contributed by atoms with Gasteiger partial charge in [0.2, 0.25) is 5.91 Å². The minimum Gasteiger partial charge on any atom is -0.346 e. The van der Waals surface area contributed by atoms with Crippen LogP contribution in [-0.4, -0.2) is 15.9 Å². The summed E-state index contributed by atoms with van der Waals surface area (Å²) in [5, 5.41) is 5.16. The Morgan fingerprint density at radius 3 is 3.13 bits per heavy atom. The minimum absolute atomic E-state index is 0.0384. The molecule has 3 aromatic heterocycles. The van der Waals surface area contributed by atoms with Crippen LogP contribution >= 0.6 is 11.3 Å². The van der Waals surface area contributed by atoms with E-state index in [1.807, 2.05) is 18.3 Å². The molecule has 0 aromatic carbocycles. The number of hydrogen-bond donors (Lipinski definition) is 2. The number of aromatic amines is 1. The summed E-state index contributed by atoms with van der Waals surface area (Å²) in [6, 6.07) is 3.89. The van der Waals surface area contributed by atoms with E-state index in [0.29, 0.717) is 6.42 Å². The van der Waals surface area contributed by atoms with Crippen LogP contribution < -0.4 is 5.32 Å². The highest BCUT2D eigenvalue weighted by Crippen LogP contribution is 2.37. The van der Waals surface area contributed by atoms with Crippen LogP contribution in [0, 0.1) is 6.92 Å². The predicted molar refractivity (Wildman–Crippen MR) is 94.1 cm³/mol. The molecule has 0 saturated heterocycles. The minimum atomic E-state index is 0.0384. The van der Waals surface area contributed by atoms with Crippen LogP contribution in [0.1, 0.15) is 34.4 Å². The van der Waals surface area contributed by atoms with E-state index in [1.54, 1.807) is 17.5 Å². The first-order valence-corrected chi connectivity index (χ1v) is 8.86. The summed E-state index contributed by atoms with van der Waals surface area (Å²) in [5.41, 5.74) is 4.55. The van der Waals surface area contributed by atoms with Gasteiger partial charge in [0, 0.05) is 22.7 Å². The third-order valence-electron chi connectivity index (χ3n) is 4.58. The first-order valence-electron chi connectivity index (χ1n) is 8.04. The van der Waals surface area contributed by atoms with Gasteiger partial charge in [-0.15, -0.1) is 11.3 Å². The molecule has 4 rings (SSSR count). The zero-order chi connectivity index (χ0) is 15.8. The van der Waals surface area contributed by atoms with Crippen LogP contribution in [0.2, 0.25) is 0 Å². The van der Waals surface area contributed by atoms with Crippen molar-refractivity contribution in [2.24, 2.45) is 0 Å². The van der Waals surface area contributed by atoms with E-state index >= 15 is 0 Å². The van der Waals surface area contributed by atoms with Gasteiger partial charge in [-0.3, -0.25) is 4.79 Å². The molecule has 0 saturated carbocycles. The van der Waals surface area contributed by atoms with Crippen molar-refractivity contribution < 1.29 is 4.79 Å². The SMILES string of the molecule is Cc1c(NC(=O)Cc2c[nH]c3ncccc23)sc2c1CCCC2. The molecule has 0 fully saturated rings. The first kappa shape index (κ1) is 14.5. The molecule has 0 aliphatic heterocycles. The molecular weight excluding hydrogens is 306 g/mol. The zero-order valence-electron chi connectivity index (χ0n) is 13.1. The number of anilines is 1. The lowest BCUT2D eigenvalue weighted by Crippen LogP contribution is -2.14. The van der Waals surface area contributed by atoms with Crippen molar-refractivity contribution >= 4 is 33.3 Å². The number of aromatic nitrogens is 2. The molecule has 1 amide bonds. The Hall–Kier alpha value is -2.14. The van der Waals surface area contributed by atoms with E-state index in [2.05, 4.69) is 22.2 Å². The number of carbonyl (C=O) groups is 1. The molecule has 0 unspecified atom stereocenters. The molecule has 1 aliphatic carbocycles. The molecular formula is C18H19N3OS. The number of fused-ring (bicyclic) bond motifs is 2. The normalized spacial score (nSPS) is 14.0. The Labute approximate surface area is 138 Å². The largest absolute Gasteiger partial charge is 0.346 e. The quantitative estimate of drug-likeness (QED) is 0.765. The predicted octanol–water partition coefficient (Wildman–Crippen LogP) is 3.99. The monoisotopic (exact) mass is 325 g/mol. The number of nitrogens with zero attached hydrogens (tertiary/aromatic N) is 1. The lowest BCUT2D eigenvalue weighted by Gasteiger charge is -2.10. The molecule has 5 heteroatoms. The van der Waals surface area contributed by atoms with Crippen molar-refractivity contribution in [2.75, 3.05) is 5.32 Å². The molecule has 0 radical (unpaired) electrons. The van der Waals surface area contributed by atoms with Gasteiger partial charge in [-0.1, -0.05) is 0 Å². The molecule has 0 spiro atoms. The number of rotatable bonds is 3. The summed E-state index contributed by atoms with van der Waals surface area (Å²) in [7, 11) is 0. The maximum Gasteiger partial charge on any atom is 0.229 e. The van der Waals surface area contributed by atoms with Crippen LogP contribution in [-0.2, 0) is 24.1 Å². The van der Waals surface area contributed by atoms with Gasteiger partial charge < -0.3 is 10.3 Å². The maximum absolute atomic E-state index is 12.4. The van der Waals surface area contributed by atoms with Gasteiger partial charge in [0.05, 0.1) is 11.4 Å². The fraction of sp³-hybridized carbons (Fsp3) is 0.333. The van der Waals surface area contributed by atoms with E-state index in [-0.39, 0.29) is 5.91 Å². The van der Waals surface area contributed by atoms with Crippen LogP contribution in [0.15, 0.2) is 24.5 Å². The summed E-state index contributed by atoms with van der Waals surface area (Å²) >= 11 is 1.75. The zero-order valence-corrected chi connectivity index (χ0v) is 13.9. The molecule has 2 N–H and O–H groups in total. The number of pyridine rings is 1. The fourth-order valence-corrected chi connectivity index (χ4v) is 4.66. The molecule has 4 nitrogen and oxygen atoms in total. The van der Waals surface area contributed by atoms with Crippen LogP contribution in [0.25, 0.3) is 11.0 Å². The van der Waals surface area contributed by atoms with Gasteiger partial charge in [0.25, 0.3) is 0 Å². The van der Waals surface area contributed by atoms with E-state index in [9.17, 15) is 4.79 Å². The average molecular weight is 325 g/mol. The first-order chi connectivity index (χ1) is 11.2. The number of H-pyrrole nitrogens is 1. The highest BCUT2D eigenvalue weighted by atomic mass is 32.1. The standard InChI is InChI=1S/C18H19N3OS/c1-11-13-5-2-3-7-15(13)23-18(11)21-16(22)9-12-10-20-17-14(12)6-4-8-19-17/h4,6,8,10H,2-3,5,7,9H2,1H3,(H,19,20)(H,21,22). The molecule has 23 heavy (non-hydrogen) atoms. The smallest absolute Gasteiger partial charge is 0.229 e. The number of carbonyl (C=O) groups excluding carboxylic acids is 1. The Morgan fingerprint density at radius 1 is 1.39 bits per heavy atom. The Bertz CT molecular complexity index is 878. The second-order valence-corrected chi connectivity index (χ2v) is 7.21. The number of hydrogen-bond acceptors (Lipinski definition) is 3. The lowest BCUT2D eigenvalue weighted by atomic mass is 9.96. The molecule has 3 heterocycles. The Balaban J connectivity index is 1.53. The van der Waals surface area contributed by atoms with Crippen molar-refractivity contribution in [2.45, 2.75) is 39.0 Å². The average Bonchev–Trinajstić information content (AvgIpc) is 3.10. The van der Waals surface area contributed by atoms with Crippen molar-refractivity contribution in [1.29, 1.82) is 0 Å². The Kier molecular flexibility index (Phi) is 3.65. The fourth-order valence-electron chi connectivity index (χ4n) is 3.35. The van der Waals surface area contributed by atoms with Crippen molar-refractivity contribution in [3.8, 4) is 0 Å². The van der Waals surface area contributed by atoms with Crippen LogP contribution in [0.3, 0.4) is 0 Å². The second-order valence-electron chi connectivity index (χ2n) is 6.10. The van der Waals surface area contributed by atoms with Gasteiger partial charge in [-0.2, -0.15) is 0 Å². The number of aryl methyl sites for hydroxylation is 1. The topological polar surface area (TPSA) is 57.8 Å². The van der Waals surface area contributed by atoms with Gasteiger partial charge in [-0.05, 0) is 61.4 Å². The maximum atomic E-state index is 12.4. The van der Waals surface area contributed by atoms with Gasteiger partial charge in [0.1, 0.15) is 5.65 Å². The molecule has 1 aliphatic rings. The summed E-state index contributed by atoms with van der Waals surface area (Å²) in [5.74, 6) is 0.0384. The number of thiophene rings is 1. The molecule has 3 aromatic rings. The van der Waals surface area contributed by atoms with Crippen molar-refractivity contribution in [1.82, 2.24) is 9.97 Å². The Morgan fingerprint density at radius 2 is 2.26 bits per heavy atom. The molecule has 0 bridgehead atoms. The highest BCUT2D eigenvalue weighted by molar-refractivity contribution is 7.16. The van der Waals surface area contributed by atoms with Crippen molar-refractivity contribution in [3.63, 3.8) is 0 Å². The summed E-state index contributed by atoms with van der Waals surface area (Å²) < 4.78 is 0. The third kappa shape index (κ3) is 2.65. The van der Waals surface area contributed by atoms with Crippen molar-refractivity contribution in [3.05, 3.63) is 46.1 Å².